The minimum Gasteiger partial charge on any atom is -0.396 e. The van der Waals surface area contributed by atoms with Gasteiger partial charge < -0.3 is 15.3 Å². The molecule has 114 valence electrons. The molecule has 2 N–H and O–H groups in total. The van der Waals surface area contributed by atoms with Crippen LogP contribution in [0.1, 0.15) is 19.8 Å². The van der Waals surface area contributed by atoms with Crippen molar-refractivity contribution in [3.8, 4) is 0 Å². The highest BCUT2D eigenvalue weighted by molar-refractivity contribution is 6.32. The first-order chi connectivity index (χ1) is 9.45. The maximum atomic E-state index is 12.1. The molecule has 0 saturated carbocycles. The Labute approximate surface area is 124 Å². The molecule has 1 aromatic heterocycles. The molecule has 0 aliphatic carbocycles. The van der Waals surface area contributed by atoms with E-state index in [2.05, 4.69) is 10.4 Å². The average Bonchev–Trinajstić information content (AvgIpc) is 2.40. The molecule has 0 aliphatic heterocycles. The summed E-state index contributed by atoms with van der Waals surface area (Å²) in [6, 6.07) is 0.124. The maximum absolute atomic E-state index is 12.1. The summed E-state index contributed by atoms with van der Waals surface area (Å²) in [7, 11) is 3.87. The molecule has 6 nitrogen and oxygen atoms in total. The van der Waals surface area contributed by atoms with Crippen LogP contribution in [0.25, 0.3) is 0 Å². The van der Waals surface area contributed by atoms with Crippen LogP contribution in [0, 0.1) is 0 Å². The Kier molecular flexibility index (Phi) is 6.98. The van der Waals surface area contributed by atoms with Gasteiger partial charge >= 0.3 is 0 Å². The lowest BCUT2D eigenvalue weighted by Crippen LogP contribution is -2.30. The Morgan fingerprint density at radius 1 is 1.55 bits per heavy atom. The van der Waals surface area contributed by atoms with Crippen LogP contribution in [-0.4, -0.2) is 53.1 Å². The summed E-state index contributed by atoms with van der Waals surface area (Å²) in [6.45, 7) is 3.36. The molecule has 0 amide bonds. The lowest BCUT2D eigenvalue weighted by Gasteiger charge is -2.16. The van der Waals surface area contributed by atoms with Gasteiger partial charge in [-0.25, -0.2) is 4.68 Å². The van der Waals surface area contributed by atoms with E-state index in [1.165, 1.54) is 4.68 Å². The standard InChI is InChI=1S/C13H23ClN4O2/c1-10(5-4-8-19)16-11-9-15-18(7-6-17(2)3)13(20)12(11)14/h9-10,16,19H,4-8H2,1-3H3. The van der Waals surface area contributed by atoms with Gasteiger partial charge in [-0.2, -0.15) is 5.10 Å². The van der Waals surface area contributed by atoms with Crippen LogP contribution >= 0.6 is 11.6 Å². The van der Waals surface area contributed by atoms with Gasteiger partial charge in [0.1, 0.15) is 5.02 Å². The van der Waals surface area contributed by atoms with Crippen molar-refractivity contribution in [3.63, 3.8) is 0 Å². The fraction of sp³-hybridized carbons (Fsp3) is 0.692. The van der Waals surface area contributed by atoms with E-state index < -0.39 is 0 Å². The fourth-order valence-corrected chi connectivity index (χ4v) is 1.96. The van der Waals surface area contributed by atoms with Crippen LogP contribution < -0.4 is 10.9 Å². The Morgan fingerprint density at radius 3 is 2.85 bits per heavy atom. The van der Waals surface area contributed by atoms with Crippen LogP contribution in [0.2, 0.25) is 5.02 Å². The average molecular weight is 303 g/mol. The van der Waals surface area contributed by atoms with Crippen molar-refractivity contribution in [1.82, 2.24) is 14.7 Å². The van der Waals surface area contributed by atoms with E-state index >= 15 is 0 Å². The zero-order chi connectivity index (χ0) is 15.1. The highest BCUT2D eigenvalue weighted by Crippen LogP contribution is 2.17. The number of halogens is 1. The Hall–Kier alpha value is -1.11. The molecule has 1 rings (SSSR count). The predicted molar refractivity (Wildman–Crippen MR) is 81.5 cm³/mol. The molecule has 1 aromatic rings. The van der Waals surface area contributed by atoms with Crippen molar-refractivity contribution < 1.29 is 5.11 Å². The molecular formula is C13H23ClN4O2. The number of nitrogens with one attached hydrogen (secondary N) is 1. The molecule has 0 saturated heterocycles. The topological polar surface area (TPSA) is 70.4 Å². The molecule has 1 atom stereocenters. The number of nitrogens with zero attached hydrogens (tertiary/aromatic N) is 3. The second-order valence-corrected chi connectivity index (χ2v) is 5.49. The first-order valence-electron chi connectivity index (χ1n) is 6.73. The number of aliphatic hydroxyl groups excluding tert-OH is 1. The molecule has 0 radical (unpaired) electrons. The third kappa shape index (κ3) is 5.11. The zero-order valence-corrected chi connectivity index (χ0v) is 13.0. The molecule has 20 heavy (non-hydrogen) atoms. The summed E-state index contributed by atoms with van der Waals surface area (Å²) in [5, 5.41) is 16.2. The number of rotatable bonds is 8. The van der Waals surface area contributed by atoms with E-state index in [4.69, 9.17) is 16.7 Å². The minimum atomic E-state index is -0.284. The lowest BCUT2D eigenvalue weighted by molar-refractivity contribution is 0.282. The van der Waals surface area contributed by atoms with E-state index in [-0.39, 0.29) is 23.2 Å². The quantitative estimate of drug-likeness (QED) is 0.750. The molecule has 0 aromatic carbocycles. The Balaban J connectivity index is 2.75. The van der Waals surface area contributed by atoms with Crippen molar-refractivity contribution in [2.45, 2.75) is 32.4 Å². The van der Waals surface area contributed by atoms with Gasteiger partial charge in [-0.15, -0.1) is 0 Å². The largest absolute Gasteiger partial charge is 0.396 e. The summed E-state index contributed by atoms with van der Waals surface area (Å²) >= 11 is 6.09. The summed E-state index contributed by atoms with van der Waals surface area (Å²) in [6.07, 6.45) is 3.09. The van der Waals surface area contributed by atoms with Gasteiger partial charge in [-0.05, 0) is 33.9 Å². The number of anilines is 1. The minimum absolute atomic E-state index is 0.124. The van der Waals surface area contributed by atoms with Crippen LogP contribution in [-0.2, 0) is 6.54 Å². The van der Waals surface area contributed by atoms with E-state index in [0.29, 0.717) is 18.7 Å². The van der Waals surface area contributed by atoms with E-state index in [1.54, 1.807) is 6.20 Å². The number of likely N-dealkylation sites (N-methyl/N-ethyl adjacent to an activating group) is 1. The van der Waals surface area contributed by atoms with E-state index in [9.17, 15) is 4.79 Å². The molecule has 0 fully saturated rings. The second kappa shape index (κ2) is 8.24. The fourth-order valence-electron chi connectivity index (χ4n) is 1.75. The van der Waals surface area contributed by atoms with Crippen LogP contribution in [0.15, 0.2) is 11.0 Å². The summed E-state index contributed by atoms with van der Waals surface area (Å²) in [5.41, 5.74) is 0.260. The molecule has 1 unspecified atom stereocenters. The number of hydrogen-bond acceptors (Lipinski definition) is 5. The van der Waals surface area contributed by atoms with Gasteiger partial charge in [0.2, 0.25) is 0 Å². The third-order valence-corrected chi connectivity index (χ3v) is 3.31. The SMILES string of the molecule is CC(CCCO)Nc1cnn(CCN(C)C)c(=O)c1Cl. The third-order valence-electron chi connectivity index (χ3n) is 2.94. The molecule has 0 aliphatic rings. The molecule has 1 heterocycles. The molecular weight excluding hydrogens is 280 g/mol. The van der Waals surface area contributed by atoms with Crippen molar-refractivity contribution in [2.24, 2.45) is 0 Å². The smallest absolute Gasteiger partial charge is 0.287 e. The summed E-state index contributed by atoms with van der Waals surface area (Å²) in [4.78, 5) is 14.0. The number of aliphatic hydroxyl groups is 1. The first-order valence-corrected chi connectivity index (χ1v) is 7.11. The first kappa shape index (κ1) is 16.9. The maximum Gasteiger partial charge on any atom is 0.287 e. The Bertz CT molecular complexity index is 476. The van der Waals surface area contributed by atoms with Gasteiger partial charge in [-0.3, -0.25) is 4.79 Å². The normalized spacial score (nSPS) is 12.7. The zero-order valence-electron chi connectivity index (χ0n) is 12.3. The Morgan fingerprint density at radius 2 is 2.25 bits per heavy atom. The van der Waals surface area contributed by atoms with Crippen LogP contribution in [0.4, 0.5) is 5.69 Å². The molecule has 0 bridgehead atoms. The van der Waals surface area contributed by atoms with Crippen molar-refractivity contribution in [2.75, 3.05) is 32.6 Å². The van der Waals surface area contributed by atoms with Crippen molar-refractivity contribution in [1.29, 1.82) is 0 Å². The summed E-state index contributed by atoms with van der Waals surface area (Å²) in [5.74, 6) is 0. The van der Waals surface area contributed by atoms with Gasteiger partial charge in [0, 0.05) is 19.2 Å². The second-order valence-electron chi connectivity index (χ2n) is 5.12. The van der Waals surface area contributed by atoms with Gasteiger partial charge in [0.15, 0.2) is 0 Å². The molecule has 7 heteroatoms. The predicted octanol–water partition coefficient (Wildman–Crippen LogP) is 1.03. The van der Waals surface area contributed by atoms with Gasteiger partial charge in [0.25, 0.3) is 5.56 Å². The van der Waals surface area contributed by atoms with E-state index in [1.807, 2.05) is 25.9 Å². The van der Waals surface area contributed by atoms with Crippen molar-refractivity contribution in [3.05, 3.63) is 21.6 Å². The highest BCUT2D eigenvalue weighted by Gasteiger charge is 2.11. The lowest BCUT2D eigenvalue weighted by atomic mass is 10.2. The van der Waals surface area contributed by atoms with Crippen LogP contribution in [0.5, 0.6) is 0 Å². The summed E-state index contributed by atoms with van der Waals surface area (Å²) < 4.78 is 1.37. The van der Waals surface area contributed by atoms with Gasteiger partial charge in [0.05, 0.1) is 18.4 Å². The highest BCUT2D eigenvalue weighted by atomic mass is 35.5. The molecule has 0 spiro atoms. The van der Waals surface area contributed by atoms with Crippen LogP contribution in [0.3, 0.4) is 0 Å². The van der Waals surface area contributed by atoms with E-state index in [0.717, 1.165) is 13.0 Å². The monoisotopic (exact) mass is 302 g/mol. The van der Waals surface area contributed by atoms with Gasteiger partial charge in [-0.1, -0.05) is 11.6 Å². The number of aromatic nitrogens is 2. The van der Waals surface area contributed by atoms with Crippen molar-refractivity contribution >= 4 is 17.3 Å². The number of hydrogen-bond donors (Lipinski definition) is 2.